The van der Waals surface area contributed by atoms with E-state index in [0.717, 1.165) is 30.4 Å². The molecular formula is C15H31NOS. The summed E-state index contributed by atoms with van der Waals surface area (Å²) in [5, 5.41) is 3.57. The van der Waals surface area contributed by atoms with Crippen molar-refractivity contribution in [3.05, 3.63) is 0 Å². The predicted octanol–water partition coefficient (Wildman–Crippen LogP) is 3.48. The molecule has 0 amide bonds. The summed E-state index contributed by atoms with van der Waals surface area (Å²) >= 11 is 0. The minimum Gasteiger partial charge on any atom is -0.314 e. The molecule has 0 heterocycles. The van der Waals surface area contributed by atoms with Gasteiger partial charge < -0.3 is 5.32 Å². The summed E-state index contributed by atoms with van der Waals surface area (Å²) in [6, 6.07) is 0.633. The van der Waals surface area contributed by atoms with Crippen LogP contribution in [0.4, 0.5) is 0 Å². The molecule has 3 heteroatoms. The predicted molar refractivity (Wildman–Crippen MR) is 81.4 cm³/mol. The average Bonchev–Trinajstić information content (AvgIpc) is 2.86. The highest BCUT2D eigenvalue weighted by molar-refractivity contribution is 7.84. The first-order valence-corrected chi connectivity index (χ1v) is 9.33. The fourth-order valence-corrected chi connectivity index (χ4v) is 4.33. The lowest BCUT2D eigenvalue weighted by molar-refractivity contribution is 0.464. The molecule has 0 aliphatic heterocycles. The molecule has 0 radical (unpaired) electrons. The summed E-state index contributed by atoms with van der Waals surface area (Å²) in [6.07, 6.45) is 10.1. The maximum absolute atomic E-state index is 12.0. The molecule has 1 fully saturated rings. The van der Waals surface area contributed by atoms with Gasteiger partial charge in [-0.2, -0.15) is 0 Å². The summed E-state index contributed by atoms with van der Waals surface area (Å²) < 4.78 is 12.0. The number of nitrogens with one attached hydrogen (secondary N) is 1. The molecule has 0 spiro atoms. The van der Waals surface area contributed by atoms with E-state index in [2.05, 4.69) is 19.2 Å². The Labute approximate surface area is 116 Å². The Morgan fingerprint density at radius 1 is 1.28 bits per heavy atom. The number of hydrogen-bond acceptors (Lipinski definition) is 2. The average molecular weight is 273 g/mol. The summed E-state index contributed by atoms with van der Waals surface area (Å²) in [7, 11) is -0.562. The van der Waals surface area contributed by atoms with Gasteiger partial charge in [-0.15, -0.1) is 0 Å². The second-order valence-electron chi connectivity index (χ2n) is 5.66. The molecule has 1 saturated carbocycles. The smallest absolute Gasteiger partial charge is 0.0263 e. The molecule has 1 rings (SSSR count). The van der Waals surface area contributed by atoms with E-state index in [4.69, 9.17) is 0 Å². The molecule has 1 aliphatic carbocycles. The lowest BCUT2D eigenvalue weighted by Crippen LogP contribution is -2.29. The number of hydrogen-bond donors (Lipinski definition) is 1. The van der Waals surface area contributed by atoms with Crippen LogP contribution in [0.15, 0.2) is 0 Å². The second-order valence-corrected chi connectivity index (χ2v) is 7.28. The highest BCUT2D eigenvalue weighted by atomic mass is 32.2. The first-order chi connectivity index (χ1) is 8.76. The fourth-order valence-electron chi connectivity index (χ4n) is 2.81. The Morgan fingerprint density at radius 2 is 2.00 bits per heavy atom. The highest BCUT2D eigenvalue weighted by Gasteiger charge is 2.17. The van der Waals surface area contributed by atoms with Crippen LogP contribution < -0.4 is 5.32 Å². The first-order valence-electron chi connectivity index (χ1n) is 7.84. The van der Waals surface area contributed by atoms with Gasteiger partial charge in [-0.1, -0.05) is 26.7 Å². The van der Waals surface area contributed by atoms with E-state index in [1.807, 2.05) is 0 Å². The lowest BCUT2D eigenvalue weighted by Gasteiger charge is -2.16. The van der Waals surface area contributed by atoms with Crippen molar-refractivity contribution in [3.8, 4) is 0 Å². The largest absolute Gasteiger partial charge is 0.314 e. The van der Waals surface area contributed by atoms with Crippen molar-refractivity contribution in [2.24, 2.45) is 5.92 Å². The third kappa shape index (κ3) is 6.89. The molecule has 18 heavy (non-hydrogen) atoms. The van der Waals surface area contributed by atoms with Crippen LogP contribution in [0.5, 0.6) is 0 Å². The Kier molecular flexibility index (Phi) is 8.95. The van der Waals surface area contributed by atoms with Crippen LogP contribution in [0.25, 0.3) is 0 Å². The monoisotopic (exact) mass is 273 g/mol. The quantitative estimate of drug-likeness (QED) is 0.660. The van der Waals surface area contributed by atoms with Crippen LogP contribution in [0.2, 0.25) is 0 Å². The molecule has 2 unspecified atom stereocenters. The van der Waals surface area contributed by atoms with E-state index in [1.165, 1.54) is 44.9 Å². The molecule has 0 saturated heterocycles. The van der Waals surface area contributed by atoms with Crippen molar-refractivity contribution in [3.63, 3.8) is 0 Å². The van der Waals surface area contributed by atoms with Gasteiger partial charge in [0.05, 0.1) is 0 Å². The van der Waals surface area contributed by atoms with Crippen molar-refractivity contribution in [2.45, 2.75) is 71.3 Å². The highest BCUT2D eigenvalue weighted by Crippen LogP contribution is 2.25. The van der Waals surface area contributed by atoms with E-state index >= 15 is 0 Å². The molecule has 108 valence electrons. The lowest BCUT2D eigenvalue weighted by atomic mass is 10.1. The molecule has 2 atom stereocenters. The molecule has 0 bridgehead atoms. The van der Waals surface area contributed by atoms with Gasteiger partial charge in [-0.25, -0.2) is 0 Å². The normalized spacial score (nSPS) is 20.1. The van der Waals surface area contributed by atoms with Gasteiger partial charge in [-0.05, 0) is 51.0 Å². The maximum Gasteiger partial charge on any atom is 0.0263 e. The Morgan fingerprint density at radius 3 is 2.61 bits per heavy atom. The third-order valence-electron chi connectivity index (χ3n) is 4.00. The maximum atomic E-state index is 12.0. The molecule has 1 aliphatic rings. The van der Waals surface area contributed by atoms with Crippen molar-refractivity contribution in [2.75, 3.05) is 18.1 Å². The van der Waals surface area contributed by atoms with Crippen molar-refractivity contribution in [1.82, 2.24) is 5.32 Å². The third-order valence-corrected chi connectivity index (χ3v) is 5.58. The zero-order valence-corrected chi connectivity index (χ0v) is 13.1. The molecule has 2 nitrogen and oxygen atoms in total. The molecular weight excluding hydrogens is 242 g/mol. The standard InChI is InChI=1S/C15H31NOS/c1-3-11-16-15(4-2)10-7-12-18(17)13-14-8-5-6-9-14/h14-16H,3-13H2,1-2H3. The van der Waals surface area contributed by atoms with Crippen molar-refractivity contribution < 1.29 is 4.21 Å². The minimum atomic E-state index is -0.562. The summed E-state index contributed by atoms with van der Waals surface area (Å²) in [4.78, 5) is 0. The topological polar surface area (TPSA) is 29.1 Å². The molecule has 0 aromatic rings. The molecule has 1 N–H and O–H groups in total. The van der Waals surface area contributed by atoms with E-state index in [0.29, 0.717) is 6.04 Å². The van der Waals surface area contributed by atoms with Gasteiger partial charge in [0.2, 0.25) is 0 Å². The van der Waals surface area contributed by atoms with E-state index in [9.17, 15) is 4.21 Å². The fraction of sp³-hybridized carbons (Fsp3) is 1.00. The van der Waals surface area contributed by atoms with Crippen LogP contribution in [0.3, 0.4) is 0 Å². The Hall–Kier alpha value is 0.110. The first kappa shape index (κ1) is 16.2. The second kappa shape index (κ2) is 9.96. The number of rotatable bonds is 10. The van der Waals surface area contributed by atoms with E-state index < -0.39 is 10.8 Å². The van der Waals surface area contributed by atoms with Gasteiger partial charge in [0.15, 0.2) is 0 Å². The van der Waals surface area contributed by atoms with Crippen molar-refractivity contribution >= 4 is 10.8 Å². The van der Waals surface area contributed by atoms with Gasteiger partial charge in [0, 0.05) is 28.3 Å². The van der Waals surface area contributed by atoms with Gasteiger partial charge in [0.1, 0.15) is 0 Å². The van der Waals surface area contributed by atoms with Crippen LogP contribution in [0.1, 0.15) is 65.2 Å². The summed E-state index contributed by atoms with van der Waals surface area (Å²) in [5.41, 5.74) is 0. The Bertz CT molecular complexity index is 227. The zero-order chi connectivity index (χ0) is 13.2. The van der Waals surface area contributed by atoms with Crippen LogP contribution in [-0.2, 0) is 10.8 Å². The van der Waals surface area contributed by atoms with Crippen LogP contribution in [0, 0.1) is 5.92 Å². The SMILES string of the molecule is CCCNC(CC)CCCS(=O)CC1CCCC1. The van der Waals surface area contributed by atoms with E-state index in [1.54, 1.807) is 0 Å². The van der Waals surface area contributed by atoms with Gasteiger partial charge in [-0.3, -0.25) is 4.21 Å². The van der Waals surface area contributed by atoms with Crippen LogP contribution in [-0.4, -0.2) is 28.3 Å². The van der Waals surface area contributed by atoms with Crippen LogP contribution >= 0.6 is 0 Å². The molecule has 0 aromatic carbocycles. The zero-order valence-electron chi connectivity index (χ0n) is 12.2. The van der Waals surface area contributed by atoms with E-state index in [-0.39, 0.29) is 0 Å². The minimum absolute atomic E-state index is 0.562. The molecule has 0 aromatic heterocycles. The summed E-state index contributed by atoms with van der Waals surface area (Å²) in [5.74, 6) is 2.66. The van der Waals surface area contributed by atoms with Crippen molar-refractivity contribution in [1.29, 1.82) is 0 Å². The summed E-state index contributed by atoms with van der Waals surface area (Å²) in [6.45, 7) is 5.56. The van der Waals surface area contributed by atoms with Gasteiger partial charge >= 0.3 is 0 Å². The Balaban J connectivity index is 2.05. The van der Waals surface area contributed by atoms with Gasteiger partial charge in [0.25, 0.3) is 0 Å².